The predicted molar refractivity (Wildman–Crippen MR) is 125 cm³/mol. The molecule has 5 N–H and O–H groups in total. The summed E-state index contributed by atoms with van der Waals surface area (Å²) in [6.07, 6.45) is 3.67. The first-order valence-corrected chi connectivity index (χ1v) is 11.1. The number of quaternary nitrogens is 1. The lowest BCUT2D eigenvalue weighted by Gasteiger charge is -2.45. The fourth-order valence-corrected chi connectivity index (χ4v) is 4.45. The number of anilines is 3. The zero-order valence-electron chi connectivity index (χ0n) is 17.9. The van der Waals surface area contributed by atoms with E-state index in [4.69, 9.17) is 11.5 Å². The Balaban J connectivity index is 1.41. The van der Waals surface area contributed by atoms with E-state index in [-0.39, 0.29) is 0 Å². The molecule has 1 aliphatic rings. The average molecular weight is 397 g/mol. The van der Waals surface area contributed by atoms with Gasteiger partial charge in [0.25, 0.3) is 0 Å². The molecule has 0 aromatic heterocycles. The summed E-state index contributed by atoms with van der Waals surface area (Å²) in [5.41, 5.74) is 15.8. The zero-order valence-corrected chi connectivity index (χ0v) is 17.9. The lowest BCUT2D eigenvalue weighted by molar-refractivity contribution is -0.932. The molecular formula is C24H38N5+. The van der Waals surface area contributed by atoms with Gasteiger partial charge in [0.15, 0.2) is 0 Å². The molecule has 1 saturated heterocycles. The number of nitrogens with zero attached hydrogens (tertiary/aromatic N) is 2. The summed E-state index contributed by atoms with van der Waals surface area (Å²) in [6.45, 7) is 11.9. The molecule has 0 amide bonds. The molecule has 0 radical (unpaired) electrons. The number of nitrogens with two attached hydrogens (primary N) is 2. The van der Waals surface area contributed by atoms with Gasteiger partial charge in [-0.05, 0) is 54.8 Å². The molecule has 0 unspecified atom stereocenters. The van der Waals surface area contributed by atoms with Crippen molar-refractivity contribution in [3.63, 3.8) is 0 Å². The van der Waals surface area contributed by atoms with E-state index < -0.39 is 0 Å². The number of benzene rings is 2. The second-order valence-electron chi connectivity index (χ2n) is 8.47. The number of nitrogens with one attached hydrogen (secondary N) is 1. The third-order valence-electron chi connectivity index (χ3n) is 6.22. The highest BCUT2D eigenvalue weighted by atomic mass is 15.4. The zero-order chi connectivity index (χ0) is 20.5. The van der Waals surface area contributed by atoms with E-state index in [0.717, 1.165) is 36.6 Å². The average Bonchev–Trinajstić information content (AvgIpc) is 2.73. The SMILES string of the molecule is CCC[N+]1(CCCc2ccc(N)cc2)CCN(CCNc2ccc(N)cc2)CC1. The first-order valence-electron chi connectivity index (χ1n) is 11.1. The van der Waals surface area contributed by atoms with Crippen molar-refractivity contribution in [2.75, 3.05) is 69.1 Å². The topological polar surface area (TPSA) is 67.3 Å². The van der Waals surface area contributed by atoms with Crippen molar-refractivity contribution in [2.24, 2.45) is 0 Å². The summed E-state index contributed by atoms with van der Waals surface area (Å²) in [4.78, 5) is 2.61. The Bertz CT molecular complexity index is 718. The molecular weight excluding hydrogens is 358 g/mol. The lowest BCUT2D eigenvalue weighted by Crippen LogP contribution is -2.60. The van der Waals surface area contributed by atoms with Gasteiger partial charge in [-0.15, -0.1) is 0 Å². The molecule has 1 aliphatic heterocycles. The van der Waals surface area contributed by atoms with Crippen LogP contribution < -0.4 is 16.8 Å². The second kappa shape index (κ2) is 10.5. The second-order valence-corrected chi connectivity index (χ2v) is 8.47. The fraction of sp³-hybridized carbons (Fsp3) is 0.500. The number of hydrogen-bond acceptors (Lipinski definition) is 4. The summed E-state index contributed by atoms with van der Waals surface area (Å²) in [5, 5.41) is 3.51. The highest BCUT2D eigenvalue weighted by molar-refractivity contribution is 5.51. The largest absolute Gasteiger partial charge is 0.399 e. The first kappa shape index (κ1) is 21.5. The van der Waals surface area contributed by atoms with Crippen molar-refractivity contribution in [2.45, 2.75) is 26.2 Å². The molecule has 0 aliphatic carbocycles. The van der Waals surface area contributed by atoms with E-state index in [2.05, 4.69) is 41.4 Å². The minimum Gasteiger partial charge on any atom is -0.399 e. The number of aryl methyl sites for hydroxylation is 1. The van der Waals surface area contributed by atoms with Crippen LogP contribution in [0.3, 0.4) is 0 Å². The standard InChI is InChI=1S/C24H38N5/c1-2-17-29(18-3-4-21-5-7-22(25)8-6-21)19-15-28(16-20-29)14-13-27-24-11-9-23(26)10-12-24/h5-12,27H,2-4,13-20,25-26H2,1H3/q+1. The summed E-state index contributed by atoms with van der Waals surface area (Å²) >= 11 is 0. The number of nitrogen functional groups attached to an aromatic ring is 2. The molecule has 0 saturated carbocycles. The monoisotopic (exact) mass is 396 g/mol. The van der Waals surface area contributed by atoms with E-state index in [1.165, 1.54) is 62.2 Å². The molecule has 158 valence electrons. The molecule has 5 nitrogen and oxygen atoms in total. The Morgan fingerprint density at radius 3 is 2.14 bits per heavy atom. The van der Waals surface area contributed by atoms with Crippen LogP contribution in [0.5, 0.6) is 0 Å². The number of piperazine rings is 1. The van der Waals surface area contributed by atoms with Crippen molar-refractivity contribution in [3.8, 4) is 0 Å². The van der Waals surface area contributed by atoms with E-state index in [0.29, 0.717) is 0 Å². The van der Waals surface area contributed by atoms with Crippen LogP contribution in [0.25, 0.3) is 0 Å². The maximum atomic E-state index is 5.80. The quantitative estimate of drug-likeness (QED) is 0.425. The predicted octanol–water partition coefficient (Wildman–Crippen LogP) is 3.44. The molecule has 3 rings (SSSR count). The van der Waals surface area contributed by atoms with Gasteiger partial charge in [0.2, 0.25) is 0 Å². The van der Waals surface area contributed by atoms with Gasteiger partial charge in [0.05, 0.1) is 26.2 Å². The maximum absolute atomic E-state index is 5.80. The Labute approximate surface area is 176 Å². The highest BCUT2D eigenvalue weighted by Crippen LogP contribution is 2.17. The smallest absolute Gasteiger partial charge is 0.0916 e. The van der Waals surface area contributed by atoms with Crippen molar-refractivity contribution in [1.29, 1.82) is 0 Å². The Kier molecular flexibility index (Phi) is 7.78. The number of rotatable bonds is 10. The fourth-order valence-electron chi connectivity index (χ4n) is 4.45. The molecule has 1 heterocycles. The summed E-state index contributed by atoms with van der Waals surface area (Å²) < 4.78 is 1.29. The van der Waals surface area contributed by atoms with Gasteiger partial charge in [0.1, 0.15) is 0 Å². The van der Waals surface area contributed by atoms with Crippen molar-refractivity contribution < 1.29 is 4.48 Å². The van der Waals surface area contributed by atoms with Crippen LogP contribution in [-0.4, -0.2) is 61.7 Å². The van der Waals surface area contributed by atoms with Gasteiger partial charge in [-0.2, -0.15) is 0 Å². The van der Waals surface area contributed by atoms with Gasteiger partial charge in [-0.25, -0.2) is 0 Å². The molecule has 2 aromatic carbocycles. The van der Waals surface area contributed by atoms with E-state index in [9.17, 15) is 0 Å². The van der Waals surface area contributed by atoms with E-state index in [1.807, 2.05) is 24.3 Å². The minimum atomic E-state index is 0.813. The Morgan fingerprint density at radius 1 is 0.897 bits per heavy atom. The first-order chi connectivity index (χ1) is 14.1. The minimum absolute atomic E-state index is 0.813. The van der Waals surface area contributed by atoms with Crippen molar-refractivity contribution in [3.05, 3.63) is 54.1 Å². The molecule has 29 heavy (non-hydrogen) atoms. The van der Waals surface area contributed by atoms with Crippen LogP contribution in [0, 0.1) is 0 Å². The van der Waals surface area contributed by atoms with Crippen molar-refractivity contribution >= 4 is 17.1 Å². The van der Waals surface area contributed by atoms with Crippen LogP contribution in [0.15, 0.2) is 48.5 Å². The summed E-state index contributed by atoms with van der Waals surface area (Å²) in [6, 6.07) is 16.4. The maximum Gasteiger partial charge on any atom is 0.0916 e. The molecule has 1 fully saturated rings. The van der Waals surface area contributed by atoms with Gasteiger partial charge in [-0.1, -0.05) is 19.1 Å². The van der Waals surface area contributed by atoms with E-state index >= 15 is 0 Å². The van der Waals surface area contributed by atoms with Gasteiger partial charge in [0, 0.05) is 49.7 Å². The van der Waals surface area contributed by atoms with Gasteiger partial charge in [-0.3, -0.25) is 4.90 Å². The Morgan fingerprint density at radius 2 is 1.52 bits per heavy atom. The highest BCUT2D eigenvalue weighted by Gasteiger charge is 2.31. The van der Waals surface area contributed by atoms with Gasteiger partial charge >= 0.3 is 0 Å². The molecule has 0 spiro atoms. The summed E-state index contributed by atoms with van der Waals surface area (Å²) in [7, 11) is 0. The van der Waals surface area contributed by atoms with Gasteiger partial charge < -0.3 is 21.3 Å². The third kappa shape index (κ3) is 6.65. The van der Waals surface area contributed by atoms with E-state index in [1.54, 1.807) is 0 Å². The summed E-state index contributed by atoms with van der Waals surface area (Å²) in [5.74, 6) is 0. The van der Waals surface area contributed by atoms with Crippen LogP contribution in [-0.2, 0) is 6.42 Å². The van der Waals surface area contributed by atoms with Crippen LogP contribution in [0.1, 0.15) is 25.3 Å². The molecule has 0 bridgehead atoms. The van der Waals surface area contributed by atoms with Crippen LogP contribution in [0.4, 0.5) is 17.1 Å². The molecule has 2 aromatic rings. The molecule has 5 heteroatoms. The van der Waals surface area contributed by atoms with Crippen molar-refractivity contribution in [1.82, 2.24) is 4.90 Å². The van der Waals surface area contributed by atoms with Crippen LogP contribution >= 0.6 is 0 Å². The molecule has 0 atom stereocenters. The number of hydrogen-bond donors (Lipinski definition) is 3. The Hall–Kier alpha value is -2.24. The third-order valence-corrected chi connectivity index (χ3v) is 6.22. The normalized spacial score (nSPS) is 16.6. The lowest BCUT2D eigenvalue weighted by atomic mass is 10.1. The van der Waals surface area contributed by atoms with Crippen LogP contribution in [0.2, 0.25) is 0 Å².